The Labute approximate surface area is 234 Å². The van der Waals surface area contributed by atoms with E-state index in [4.69, 9.17) is 28.2 Å². The van der Waals surface area contributed by atoms with E-state index in [1.54, 1.807) is 0 Å². The van der Waals surface area contributed by atoms with Crippen LogP contribution in [0.4, 0.5) is 0 Å². The number of amides is 1. The molecule has 0 bridgehead atoms. The van der Waals surface area contributed by atoms with Crippen molar-refractivity contribution in [3.63, 3.8) is 0 Å². The van der Waals surface area contributed by atoms with Gasteiger partial charge < -0.3 is 14.7 Å². The predicted octanol–water partition coefficient (Wildman–Crippen LogP) is 6.79. The van der Waals surface area contributed by atoms with Gasteiger partial charge in [0.25, 0.3) is 5.91 Å². The Morgan fingerprint density at radius 3 is 2.30 bits per heavy atom. The lowest BCUT2D eigenvalue weighted by Gasteiger charge is -2.37. The molecule has 3 atom stereocenters. The molecule has 0 aliphatic carbocycles. The Balaban J connectivity index is 1.61. The highest BCUT2D eigenvalue weighted by Crippen LogP contribution is 2.56. The summed E-state index contributed by atoms with van der Waals surface area (Å²) in [6, 6.07) is 16.1. The van der Waals surface area contributed by atoms with E-state index < -0.39 is 5.54 Å². The molecule has 3 aliphatic rings. The van der Waals surface area contributed by atoms with Gasteiger partial charge in [-0.05, 0) is 86.9 Å². The summed E-state index contributed by atoms with van der Waals surface area (Å²) in [6.45, 7) is 11.2. The second kappa shape index (κ2) is 10.3. The molecule has 3 heterocycles. The summed E-state index contributed by atoms with van der Waals surface area (Å²) in [5.41, 5.74) is 2.68. The first-order valence-electron chi connectivity index (χ1n) is 13.0. The van der Waals surface area contributed by atoms with Gasteiger partial charge in [0.05, 0.1) is 6.04 Å². The first-order valence-corrected chi connectivity index (χ1v) is 14.5. The molecule has 0 radical (unpaired) electrons. The molecule has 37 heavy (non-hydrogen) atoms. The van der Waals surface area contributed by atoms with Gasteiger partial charge >= 0.3 is 0 Å². The zero-order valence-electron chi connectivity index (χ0n) is 22.0. The van der Waals surface area contributed by atoms with Gasteiger partial charge in [-0.25, -0.2) is 4.99 Å². The molecule has 0 saturated carbocycles. The maximum absolute atomic E-state index is 14.1. The second-order valence-corrected chi connectivity index (χ2v) is 12.5. The van der Waals surface area contributed by atoms with Crippen LogP contribution in [-0.4, -0.2) is 58.5 Å². The number of carbonyl (C=O) groups excluding carboxylic acids is 1. The number of allylic oxidation sites excluding steroid dienone is 1. The Hall–Kier alpha value is -1.99. The summed E-state index contributed by atoms with van der Waals surface area (Å²) in [7, 11) is 2.13. The molecule has 8 heteroatoms. The molecule has 1 saturated heterocycles. The lowest BCUT2D eigenvalue weighted by molar-refractivity contribution is -0.128. The number of aliphatic imine (C=N–C) groups is 1. The molecule has 1 fully saturated rings. The van der Waals surface area contributed by atoms with Gasteiger partial charge in [0.15, 0.2) is 5.17 Å². The number of hydrogen-bond acceptors (Lipinski definition) is 5. The fourth-order valence-electron chi connectivity index (χ4n) is 5.93. The fourth-order valence-corrected chi connectivity index (χ4v) is 7.54. The number of thioether (sulfide) groups is 1. The molecule has 0 aromatic heterocycles. The smallest absolute Gasteiger partial charge is 0.262 e. The zero-order valence-corrected chi connectivity index (χ0v) is 24.4. The Kier molecular flexibility index (Phi) is 7.40. The van der Waals surface area contributed by atoms with Gasteiger partial charge in [-0.15, -0.1) is 0 Å². The topological polar surface area (TPSA) is 39.2 Å². The Morgan fingerprint density at radius 1 is 1.14 bits per heavy atom. The number of halogens is 2. The third-order valence-corrected chi connectivity index (χ3v) is 9.34. The standard InChI is InChI=1S/C29H34Cl2N4OS/c1-6-34(23-15-16-33(5)17-23)27(36)25-24(18(2)3)35-26(19-7-11-21(30)12-8-19)29(4,32-28(35)37-25)20-9-13-22(31)14-10-20/h7-14,18,23,26H,6,15-17H2,1-5H3/t23-,26+,29?/m0/s1. The lowest BCUT2D eigenvalue weighted by Crippen LogP contribution is -2.42. The average molecular weight is 558 g/mol. The average Bonchev–Trinajstić information content (AvgIpc) is 3.52. The zero-order chi connectivity index (χ0) is 26.5. The first kappa shape index (κ1) is 26.6. The van der Waals surface area contributed by atoms with Crippen LogP contribution in [0.15, 0.2) is 64.1 Å². The molecule has 3 aliphatic heterocycles. The quantitative estimate of drug-likeness (QED) is 0.392. The number of likely N-dealkylation sites (tertiary alicyclic amines) is 1. The van der Waals surface area contributed by atoms with Crippen molar-refractivity contribution in [3.05, 3.63) is 80.3 Å². The van der Waals surface area contributed by atoms with Crippen molar-refractivity contribution in [1.82, 2.24) is 14.7 Å². The number of rotatable bonds is 6. The number of benzene rings is 2. The number of fused-ring (bicyclic) bond motifs is 1. The number of hydrogen-bond donors (Lipinski definition) is 0. The fraction of sp³-hybridized carbons (Fsp3) is 0.448. The summed E-state index contributed by atoms with van der Waals surface area (Å²) in [6.07, 6.45) is 1.01. The third-order valence-electron chi connectivity index (χ3n) is 7.77. The van der Waals surface area contributed by atoms with Crippen molar-refractivity contribution in [1.29, 1.82) is 0 Å². The van der Waals surface area contributed by atoms with E-state index in [0.717, 1.165) is 46.4 Å². The van der Waals surface area contributed by atoms with Gasteiger partial charge in [0.1, 0.15) is 10.4 Å². The molecule has 1 amide bonds. The van der Waals surface area contributed by atoms with Crippen LogP contribution in [-0.2, 0) is 10.3 Å². The van der Waals surface area contributed by atoms with Crippen LogP contribution >= 0.6 is 35.0 Å². The van der Waals surface area contributed by atoms with E-state index in [0.29, 0.717) is 16.6 Å². The summed E-state index contributed by atoms with van der Waals surface area (Å²) in [4.78, 5) is 26.9. The lowest BCUT2D eigenvalue weighted by atomic mass is 9.81. The number of nitrogens with zero attached hydrogens (tertiary/aromatic N) is 4. The highest BCUT2D eigenvalue weighted by atomic mass is 35.5. The maximum atomic E-state index is 14.1. The van der Waals surface area contributed by atoms with E-state index in [-0.39, 0.29) is 23.9 Å². The Morgan fingerprint density at radius 2 is 1.76 bits per heavy atom. The number of amidine groups is 1. The minimum atomic E-state index is -0.561. The van der Waals surface area contributed by atoms with Crippen LogP contribution in [0.25, 0.3) is 0 Å². The molecule has 0 N–H and O–H groups in total. The predicted molar refractivity (Wildman–Crippen MR) is 155 cm³/mol. The van der Waals surface area contributed by atoms with E-state index in [1.807, 2.05) is 24.3 Å². The maximum Gasteiger partial charge on any atom is 0.262 e. The van der Waals surface area contributed by atoms with E-state index >= 15 is 0 Å². The summed E-state index contributed by atoms with van der Waals surface area (Å²) < 4.78 is 0. The van der Waals surface area contributed by atoms with Crippen LogP contribution in [0.1, 0.15) is 51.3 Å². The van der Waals surface area contributed by atoms with Crippen molar-refractivity contribution < 1.29 is 4.79 Å². The van der Waals surface area contributed by atoms with Gasteiger partial charge in [0.2, 0.25) is 0 Å². The van der Waals surface area contributed by atoms with E-state index in [9.17, 15) is 4.79 Å². The van der Waals surface area contributed by atoms with Crippen molar-refractivity contribution in [2.45, 2.75) is 51.7 Å². The molecule has 2 aromatic carbocycles. The first-order chi connectivity index (χ1) is 17.6. The molecule has 0 spiro atoms. The normalized spacial score (nSPS) is 25.7. The van der Waals surface area contributed by atoms with Crippen LogP contribution in [0.2, 0.25) is 10.0 Å². The molecule has 196 valence electrons. The van der Waals surface area contributed by atoms with Crippen molar-refractivity contribution in [2.75, 3.05) is 26.7 Å². The summed E-state index contributed by atoms with van der Waals surface area (Å²) in [5, 5.41) is 2.27. The molecular weight excluding hydrogens is 523 g/mol. The molecular formula is C29H34Cl2N4OS. The Bertz CT molecular complexity index is 1240. The molecule has 1 unspecified atom stereocenters. The van der Waals surface area contributed by atoms with Gasteiger partial charge in [0, 0.05) is 34.9 Å². The number of carbonyl (C=O) groups is 1. The van der Waals surface area contributed by atoms with Crippen LogP contribution < -0.4 is 0 Å². The second-order valence-electron chi connectivity index (χ2n) is 10.6. The van der Waals surface area contributed by atoms with Gasteiger partial charge in [-0.1, -0.05) is 61.3 Å². The highest BCUT2D eigenvalue weighted by Gasteiger charge is 2.53. The van der Waals surface area contributed by atoms with Crippen molar-refractivity contribution >= 4 is 46.0 Å². The van der Waals surface area contributed by atoms with E-state index in [1.165, 1.54) is 11.8 Å². The van der Waals surface area contributed by atoms with Crippen LogP contribution in [0.5, 0.6) is 0 Å². The van der Waals surface area contributed by atoms with Gasteiger partial charge in [-0.2, -0.15) is 0 Å². The van der Waals surface area contributed by atoms with Crippen LogP contribution in [0, 0.1) is 5.92 Å². The van der Waals surface area contributed by atoms with Crippen molar-refractivity contribution in [3.8, 4) is 0 Å². The monoisotopic (exact) mass is 556 g/mol. The van der Waals surface area contributed by atoms with Gasteiger partial charge in [-0.3, -0.25) is 4.79 Å². The van der Waals surface area contributed by atoms with Crippen LogP contribution in [0.3, 0.4) is 0 Å². The third kappa shape index (κ3) is 4.71. The molecule has 5 nitrogen and oxygen atoms in total. The number of likely N-dealkylation sites (N-methyl/N-ethyl adjacent to an activating group) is 2. The minimum absolute atomic E-state index is 0.121. The highest BCUT2D eigenvalue weighted by molar-refractivity contribution is 8.18. The van der Waals surface area contributed by atoms with E-state index in [2.05, 4.69) is 73.7 Å². The summed E-state index contributed by atoms with van der Waals surface area (Å²) >= 11 is 14.0. The van der Waals surface area contributed by atoms with Crippen molar-refractivity contribution in [2.24, 2.45) is 10.9 Å². The minimum Gasteiger partial charge on any atom is -0.334 e. The molecule has 2 aromatic rings. The SMILES string of the molecule is CCN(C(=O)C1=C(C(C)C)N2C(=NC(C)(c3ccc(Cl)cc3)[C@H]2c2ccc(Cl)cc2)S1)[C@H]1CCN(C)C1. The molecule has 5 rings (SSSR count). The summed E-state index contributed by atoms with van der Waals surface area (Å²) in [5.74, 6) is 0.267. The largest absolute Gasteiger partial charge is 0.334 e.